The van der Waals surface area contributed by atoms with Crippen LogP contribution in [0.15, 0.2) is 67.1 Å². The molecule has 2 amide bonds. The van der Waals surface area contributed by atoms with Crippen molar-refractivity contribution in [2.24, 2.45) is 5.92 Å². The molecule has 52 heavy (non-hydrogen) atoms. The largest absolute Gasteiger partial charge is 0.393 e. The van der Waals surface area contributed by atoms with Crippen LogP contribution in [0.25, 0.3) is 22.3 Å². The van der Waals surface area contributed by atoms with Gasteiger partial charge < -0.3 is 25.3 Å². The highest BCUT2D eigenvalue weighted by Gasteiger charge is 2.43. The summed E-state index contributed by atoms with van der Waals surface area (Å²) in [5.74, 6) is -1.13. The molecular formula is C37H42F3N9O3. The number of rotatable bonds is 10. The van der Waals surface area contributed by atoms with E-state index in [4.69, 9.17) is 4.74 Å². The Labute approximate surface area is 299 Å². The first-order valence-electron chi connectivity index (χ1n) is 17.6. The van der Waals surface area contributed by atoms with Crippen molar-refractivity contribution in [2.75, 3.05) is 69.2 Å². The Morgan fingerprint density at radius 1 is 0.962 bits per heavy atom. The van der Waals surface area contributed by atoms with Crippen LogP contribution in [-0.4, -0.2) is 113 Å². The minimum atomic E-state index is -4.22. The molecule has 3 aromatic heterocycles. The van der Waals surface area contributed by atoms with Crippen LogP contribution in [0.1, 0.15) is 35.3 Å². The first-order valence-corrected chi connectivity index (χ1v) is 17.6. The van der Waals surface area contributed by atoms with Gasteiger partial charge in [-0.3, -0.25) is 24.4 Å². The molecule has 0 aliphatic carbocycles. The summed E-state index contributed by atoms with van der Waals surface area (Å²) >= 11 is 0. The molecule has 0 saturated carbocycles. The maximum absolute atomic E-state index is 13.2. The van der Waals surface area contributed by atoms with E-state index in [1.165, 1.54) is 0 Å². The summed E-state index contributed by atoms with van der Waals surface area (Å²) in [4.78, 5) is 48.8. The van der Waals surface area contributed by atoms with Crippen LogP contribution in [0.4, 0.5) is 24.7 Å². The smallest absolute Gasteiger partial charge is 0.378 e. The highest BCUT2D eigenvalue weighted by molar-refractivity contribution is 6.03. The number of nitrogens with zero attached hydrogens (tertiary/aromatic N) is 6. The Morgan fingerprint density at radius 2 is 1.77 bits per heavy atom. The van der Waals surface area contributed by atoms with E-state index < -0.39 is 12.1 Å². The Bertz CT molecular complexity index is 1910. The van der Waals surface area contributed by atoms with E-state index in [0.29, 0.717) is 44.2 Å². The number of anilines is 2. The van der Waals surface area contributed by atoms with E-state index in [9.17, 15) is 22.8 Å². The molecular weight excluding hydrogens is 675 g/mol. The number of hydrogen-bond acceptors (Lipinski definition) is 9. The van der Waals surface area contributed by atoms with Gasteiger partial charge in [0.2, 0.25) is 5.91 Å². The van der Waals surface area contributed by atoms with Crippen molar-refractivity contribution in [3.05, 3.63) is 78.4 Å². The Hall–Kier alpha value is -4.86. The van der Waals surface area contributed by atoms with E-state index in [0.717, 1.165) is 66.1 Å². The second-order valence-corrected chi connectivity index (χ2v) is 13.7. The van der Waals surface area contributed by atoms with Gasteiger partial charge >= 0.3 is 6.18 Å². The van der Waals surface area contributed by atoms with Gasteiger partial charge in [-0.25, -0.2) is 9.97 Å². The SMILES string of the molecule is C=C(CN1CCC(C(F)(F)F)C1)C(=O)N[C@@H]1CCCN(Cc2ccnc(C(=O)Nc3ccc(-c4cc5c(N6CCOCC6)ncnc5[nH]4)cc3)c2)C1. The zero-order chi connectivity index (χ0) is 36.2. The Morgan fingerprint density at radius 3 is 2.54 bits per heavy atom. The normalized spacial score (nSPS) is 20.2. The van der Waals surface area contributed by atoms with Crippen molar-refractivity contribution in [2.45, 2.75) is 38.0 Å². The third-order valence-electron chi connectivity index (χ3n) is 9.94. The lowest BCUT2D eigenvalue weighted by molar-refractivity contribution is -0.170. The summed E-state index contributed by atoms with van der Waals surface area (Å²) in [6, 6.07) is 13.1. The van der Waals surface area contributed by atoms with Crippen molar-refractivity contribution in [3.63, 3.8) is 0 Å². The number of morpholine rings is 1. The maximum Gasteiger partial charge on any atom is 0.393 e. The number of pyridine rings is 1. The fourth-order valence-electron chi connectivity index (χ4n) is 7.18. The molecule has 274 valence electrons. The zero-order valence-corrected chi connectivity index (χ0v) is 28.8. The maximum atomic E-state index is 13.2. The minimum absolute atomic E-state index is 0.0435. The predicted octanol–water partition coefficient (Wildman–Crippen LogP) is 4.63. The topological polar surface area (TPSA) is 132 Å². The van der Waals surface area contributed by atoms with Crippen LogP contribution in [0.5, 0.6) is 0 Å². The number of carbonyl (C=O) groups excluding carboxylic acids is 2. The molecule has 3 fully saturated rings. The molecule has 1 unspecified atom stereocenters. The Balaban J connectivity index is 0.913. The number of alkyl halides is 3. The number of aromatic nitrogens is 4. The third-order valence-corrected chi connectivity index (χ3v) is 9.94. The summed E-state index contributed by atoms with van der Waals surface area (Å²) in [6.45, 7) is 9.04. The number of likely N-dealkylation sites (tertiary alicyclic amines) is 2. The van der Waals surface area contributed by atoms with E-state index in [-0.39, 0.29) is 42.9 Å². The van der Waals surface area contributed by atoms with Gasteiger partial charge in [0.15, 0.2) is 0 Å². The number of piperidine rings is 1. The molecule has 1 aromatic carbocycles. The lowest BCUT2D eigenvalue weighted by Gasteiger charge is -2.33. The van der Waals surface area contributed by atoms with Gasteiger partial charge in [-0.15, -0.1) is 0 Å². The van der Waals surface area contributed by atoms with Crippen LogP contribution < -0.4 is 15.5 Å². The van der Waals surface area contributed by atoms with Crippen molar-refractivity contribution in [1.82, 2.24) is 35.1 Å². The second kappa shape index (κ2) is 15.4. The summed E-state index contributed by atoms with van der Waals surface area (Å²) in [6.07, 6.45) is 0.668. The van der Waals surface area contributed by atoms with Crippen LogP contribution >= 0.6 is 0 Å². The van der Waals surface area contributed by atoms with Gasteiger partial charge in [0.25, 0.3) is 5.91 Å². The lowest BCUT2D eigenvalue weighted by Crippen LogP contribution is -2.48. The average Bonchev–Trinajstić information content (AvgIpc) is 3.81. The summed E-state index contributed by atoms with van der Waals surface area (Å²) in [5, 5.41) is 6.91. The molecule has 0 bridgehead atoms. The fraction of sp³-hybridized carbons (Fsp3) is 0.432. The van der Waals surface area contributed by atoms with Gasteiger partial charge in [0.05, 0.1) is 24.5 Å². The number of benzene rings is 1. The fourth-order valence-corrected chi connectivity index (χ4v) is 7.18. The number of H-pyrrole nitrogens is 1. The quantitative estimate of drug-likeness (QED) is 0.201. The highest BCUT2D eigenvalue weighted by Crippen LogP contribution is 2.34. The summed E-state index contributed by atoms with van der Waals surface area (Å²) in [7, 11) is 0. The molecule has 3 N–H and O–H groups in total. The van der Waals surface area contributed by atoms with Crippen molar-refractivity contribution >= 4 is 34.4 Å². The van der Waals surface area contributed by atoms with Crippen molar-refractivity contribution in [1.29, 1.82) is 0 Å². The standard InChI is InChI=1S/C37H42F3N9O3/c1-24(19-48-12-9-27(21-48)37(38,39)40)35(50)45-29-3-2-11-47(22-29)20-25-8-10-41-32(17-25)36(51)44-28-6-4-26(5-7-28)31-18-30-33(46-31)42-23-43-34(30)49-13-15-52-16-14-49/h4-8,10,17-18,23,27,29H,1-3,9,11-16,19-22H2,(H,44,51)(H,45,50)(H,42,43,46)/t27?,29-/m1/s1. The lowest BCUT2D eigenvalue weighted by atomic mass is 10.0. The van der Waals surface area contributed by atoms with Crippen LogP contribution in [0.3, 0.4) is 0 Å². The molecule has 3 aliphatic rings. The molecule has 0 radical (unpaired) electrons. The average molecular weight is 718 g/mol. The van der Waals surface area contributed by atoms with Crippen molar-refractivity contribution in [3.8, 4) is 11.3 Å². The van der Waals surface area contributed by atoms with E-state index in [1.807, 2.05) is 36.4 Å². The molecule has 15 heteroatoms. The number of ether oxygens (including phenoxy) is 1. The number of fused-ring (bicyclic) bond motifs is 1. The van der Waals surface area contributed by atoms with E-state index in [1.54, 1.807) is 23.5 Å². The van der Waals surface area contributed by atoms with E-state index >= 15 is 0 Å². The van der Waals surface area contributed by atoms with Gasteiger partial charge in [-0.2, -0.15) is 13.2 Å². The van der Waals surface area contributed by atoms with E-state index in [2.05, 4.69) is 46.9 Å². The minimum Gasteiger partial charge on any atom is -0.378 e. The monoisotopic (exact) mass is 717 g/mol. The van der Waals surface area contributed by atoms with Crippen LogP contribution in [-0.2, 0) is 16.1 Å². The van der Waals surface area contributed by atoms with Gasteiger partial charge in [0, 0.05) is 68.5 Å². The molecule has 3 aliphatic heterocycles. The first kappa shape index (κ1) is 35.5. The summed E-state index contributed by atoms with van der Waals surface area (Å²) < 4.78 is 44.7. The molecule has 12 nitrogen and oxygen atoms in total. The molecule has 2 atom stereocenters. The molecule has 0 spiro atoms. The molecule has 3 saturated heterocycles. The number of nitrogens with one attached hydrogen (secondary N) is 3. The number of hydrogen-bond donors (Lipinski definition) is 3. The number of carbonyl (C=O) groups is 2. The highest BCUT2D eigenvalue weighted by atomic mass is 19.4. The molecule has 4 aromatic rings. The number of amides is 2. The van der Waals surface area contributed by atoms with Crippen LogP contribution in [0, 0.1) is 5.92 Å². The summed E-state index contributed by atoms with van der Waals surface area (Å²) in [5.41, 5.74) is 4.70. The van der Waals surface area contributed by atoms with Gasteiger partial charge in [-0.1, -0.05) is 18.7 Å². The van der Waals surface area contributed by atoms with Crippen molar-refractivity contribution < 1.29 is 27.5 Å². The zero-order valence-electron chi connectivity index (χ0n) is 28.8. The van der Waals surface area contributed by atoms with Gasteiger partial charge in [-0.05, 0) is 73.8 Å². The Kier molecular flexibility index (Phi) is 10.5. The predicted molar refractivity (Wildman–Crippen MR) is 191 cm³/mol. The second-order valence-electron chi connectivity index (χ2n) is 13.7. The first-order chi connectivity index (χ1) is 25.1. The number of aromatic amines is 1. The third kappa shape index (κ3) is 8.43. The molecule has 6 heterocycles. The van der Waals surface area contributed by atoms with Gasteiger partial charge in [0.1, 0.15) is 23.5 Å². The number of halogens is 3. The van der Waals surface area contributed by atoms with Crippen LogP contribution in [0.2, 0.25) is 0 Å². The molecule has 7 rings (SSSR count).